The maximum atomic E-state index is 12.3. The number of hydrogen-bond acceptors (Lipinski definition) is 4. The van der Waals surface area contributed by atoms with E-state index in [1.807, 2.05) is 6.92 Å². The molecule has 0 aromatic heterocycles. The molecule has 0 saturated heterocycles. The monoisotopic (exact) mass is 491 g/mol. The average molecular weight is 491 g/mol. The van der Waals surface area contributed by atoms with E-state index in [1.54, 1.807) is 12.1 Å². The van der Waals surface area contributed by atoms with Gasteiger partial charge in [0.2, 0.25) is 0 Å². The maximum absolute atomic E-state index is 12.3. The zero-order valence-corrected chi connectivity index (χ0v) is 17.5. The topological polar surface area (TPSA) is 64.1 Å². The van der Waals surface area contributed by atoms with Crippen molar-refractivity contribution < 1.29 is 27.4 Å². The van der Waals surface area contributed by atoms with Gasteiger partial charge < -0.3 is 24.8 Å². The van der Waals surface area contributed by atoms with Gasteiger partial charge in [-0.1, -0.05) is 0 Å². The molecule has 1 aromatic rings. The minimum atomic E-state index is -4.22. The number of nitrogens with one attached hydrogen (secondary N) is 2. The van der Waals surface area contributed by atoms with Crippen molar-refractivity contribution in [1.29, 1.82) is 0 Å². The normalized spacial score (nSPS) is 11.4. The number of guanidine groups is 1. The van der Waals surface area contributed by atoms with Crippen molar-refractivity contribution in [2.75, 3.05) is 34.4 Å². The van der Waals surface area contributed by atoms with Crippen molar-refractivity contribution in [1.82, 2.24) is 10.6 Å². The number of benzene rings is 1. The van der Waals surface area contributed by atoms with Crippen LogP contribution in [-0.2, 0) is 6.54 Å². The van der Waals surface area contributed by atoms with E-state index in [2.05, 4.69) is 15.6 Å². The molecule has 0 bridgehead atoms. The van der Waals surface area contributed by atoms with Gasteiger partial charge in [0.1, 0.15) is 17.2 Å². The van der Waals surface area contributed by atoms with Crippen LogP contribution in [0.3, 0.4) is 0 Å². The van der Waals surface area contributed by atoms with E-state index in [1.165, 1.54) is 21.3 Å². The smallest absolute Gasteiger partial charge is 0.390 e. The lowest BCUT2D eigenvalue weighted by Crippen LogP contribution is -2.38. The third kappa shape index (κ3) is 8.19. The molecular formula is C16H25F3IN3O3. The second-order valence-electron chi connectivity index (χ2n) is 5.00. The highest BCUT2D eigenvalue weighted by atomic mass is 127. The SMILES string of the molecule is CCNC(=NCc1c(OC)cc(OC)cc1OC)NCCC(F)(F)F.I. The fraction of sp³-hybridized carbons (Fsp3) is 0.562. The van der Waals surface area contributed by atoms with Crippen molar-refractivity contribution in [3.05, 3.63) is 17.7 Å². The van der Waals surface area contributed by atoms with Gasteiger partial charge in [0.15, 0.2) is 5.96 Å². The maximum Gasteiger partial charge on any atom is 0.390 e. The highest BCUT2D eigenvalue weighted by molar-refractivity contribution is 14.0. The van der Waals surface area contributed by atoms with Crippen molar-refractivity contribution in [3.8, 4) is 17.2 Å². The summed E-state index contributed by atoms with van der Waals surface area (Å²) < 4.78 is 52.6. The predicted octanol–water partition coefficient (Wildman–Crippen LogP) is 3.34. The van der Waals surface area contributed by atoms with Crippen LogP contribution in [0.25, 0.3) is 0 Å². The van der Waals surface area contributed by atoms with Gasteiger partial charge in [-0.05, 0) is 6.92 Å². The number of methoxy groups -OCH3 is 3. The molecule has 0 heterocycles. The molecule has 0 fully saturated rings. The Kier molecular flexibility index (Phi) is 11.2. The summed E-state index contributed by atoms with van der Waals surface area (Å²) in [5.41, 5.74) is 0.666. The summed E-state index contributed by atoms with van der Waals surface area (Å²) in [6.07, 6.45) is -5.15. The lowest BCUT2D eigenvalue weighted by Gasteiger charge is -2.15. The summed E-state index contributed by atoms with van der Waals surface area (Å²) in [5.74, 6) is 1.89. The van der Waals surface area contributed by atoms with Crippen molar-refractivity contribution in [2.45, 2.75) is 26.1 Å². The number of ether oxygens (including phenoxy) is 3. The molecule has 6 nitrogen and oxygen atoms in total. The molecule has 0 amide bonds. The quantitative estimate of drug-likeness (QED) is 0.332. The van der Waals surface area contributed by atoms with Gasteiger partial charge in [0.05, 0.1) is 39.9 Å². The minimum Gasteiger partial charge on any atom is -0.496 e. The van der Waals surface area contributed by atoms with E-state index in [9.17, 15) is 13.2 Å². The molecule has 2 N–H and O–H groups in total. The number of aliphatic imine (C=N–C) groups is 1. The first-order valence-corrected chi connectivity index (χ1v) is 7.72. The van der Waals surface area contributed by atoms with E-state index in [-0.39, 0.29) is 43.0 Å². The molecule has 0 atom stereocenters. The minimum absolute atomic E-state index is 0. The molecule has 1 rings (SSSR count). The van der Waals surface area contributed by atoms with Gasteiger partial charge in [-0.2, -0.15) is 13.2 Å². The summed E-state index contributed by atoms with van der Waals surface area (Å²) in [6.45, 7) is 2.26. The molecule has 0 radical (unpaired) electrons. The molecule has 10 heteroatoms. The molecule has 26 heavy (non-hydrogen) atoms. The zero-order chi connectivity index (χ0) is 18.9. The number of rotatable bonds is 8. The third-order valence-electron chi connectivity index (χ3n) is 3.26. The van der Waals surface area contributed by atoms with Crippen LogP contribution < -0.4 is 24.8 Å². The Balaban J connectivity index is 0.00000625. The molecule has 0 aliphatic carbocycles. The molecule has 150 valence electrons. The zero-order valence-electron chi connectivity index (χ0n) is 15.2. The van der Waals surface area contributed by atoms with Crippen LogP contribution in [0.5, 0.6) is 17.2 Å². The lowest BCUT2D eigenvalue weighted by molar-refractivity contribution is -0.132. The summed E-state index contributed by atoms with van der Waals surface area (Å²) in [7, 11) is 4.54. The Morgan fingerprint density at radius 2 is 1.62 bits per heavy atom. The number of nitrogens with zero attached hydrogens (tertiary/aromatic N) is 1. The van der Waals surface area contributed by atoms with Gasteiger partial charge >= 0.3 is 6.18 Å². The van der Waals surface area contributed by atoms with Crippen LogP contribution in [0.4, 0.5) is 13.2 Å². The Bertz CT molecular complexity index is 559. The number of alkyl halides is 3. The second kappa shape index (κ2) is 11.9. The Morgan fingerprint density at radius 3 is 2.04 bits per heavy atom. The van der Waals surface area contributed by atoms with Gasteiger partial charge in [-0.25, -0.2) is 4.99 Å². The Hall–Kier alpha value is -1.59. The van der Waals surface area contributed by atoms with E-state index in [0.717, 1.165) is 0 Å². The fourth-order valence-corrected chi connectivity index (χ4v) is 2.06. The standard InChI is InChI=1S/C16H24F3N3O3.HI/c1-5-20-15(21-7-6-16(17,18)19)22-10-12-13(24-3)8-11(23-2)9-14(12)25-4;/h8-9H,5-7,10H2,1-4H3,(H2,20,21,22);1H. The van der Waals surface area contributed by atoms with E-state index >= 15 is 0 Å². The molecular weight excluding hydrogens is 466 g/mol. The molecule has 0 aliphatic heterocycles. The van der Waals surface area contributed by atoms with Gasteiger partial charge in [-0.3, -0.25) is 0 Å². The van der Waals surface area contributed by atoms with Crippen molar-refractivity contribution >= 4 is 29.9 Å². The van der Waals surface area contributed by atoms with E-state index in [4.69, 9.17) is 14.2 Å². The van der Waals surface area contributed by atoms with Crippen LogP contribution in [0.15, 0.2) is 17.1 Å². The second-order valence-corrected chi connectivity index (χ2v) is 5.00. The summed E-state index contributed by atoms with van der Waals surface area (Å²) >= 11 is 0. The molecule has 0 unspecified atom stereocenters. The first-order chi connectivity index (χ1) is 11.8. The molecule has 0 aliphatic rings. The molecule has 0 spiro atoms. The van der Waals surface area contributed by atoms with Crippen LogP contribution >= 0.6 is 24.0 Å². The highest BCUT2D eigenvalue weighted by Gasteiger charge is 2.26. The van der Waals surface area contributed by atoms with Crippen molar-refractivity contribution in [3.63, 3.8) is 0 Å². The van der Waals surface area contributed by atoms with Gasteiger partial charge in [0.25, 0.3) is 0 Å². The van der Waals surface area contributed by atoms with Crippen molar-refractivity contribution in [2.24, 2.45) is 4.99 Å². The van der Waals surface area contributed by atoms with E-state index < -0.39 is 12.6 Å². The van der Waals surface area contributed by atoms with E-state index in [0.29, 0.717) is 29.4 Å². The largest absolute Gasteiger partial charge is 0.496 e. The first kappa shape index (κ1) is 24.4. The lowest BCUT2D eigenvalue weighted by atomic mass is 10.1. The van der Waals surface area contributed by atoms with Crippen LogP contribution in [-0.4, -0.2) is 46.6 Å². The average Bonchev–Trinajstić information content (AvgIpc) is 2.57. The molecule has 0 saturated carbocycles. The summed E-state index contributed by atoms with van der Waals surface area (Å²) in [6, 6.07) is 3.38. The third-order valence-corrected chi connectivity index (χ3v) is 3.26. The molecule has 1 aromatic carbocycles. The Morgan fingerprint density at radius 1 is 1.04 bits per heavy atom. The Labute approximate surface area is 168 Å². The van der Waals surface area contributed by atoms with Crippen LogP contribution in [0.1, 0.15) is 18.9 Å². The summed E-state index contributed by atoms with van der Waals surface area (Å²) in [5, 5.41) is 5.56. The summed E-state index contributed by atoms with van der Waals surface area (Å²) in [4.78, 5) is 4.30. The highest BCUT2D eigenvalue weighted by Crippen LogP contribution is 2.34. The van der Waals surface area contributed by atoms with Crippen LogP contribution in [0.2, 0.25) is 0 Å². The van der Waals surface area contributed by atoms with Crippen LogP contribution in [0, 0.1) is 0 Å². The van der Waals surface area contributed by atoms with Gasteiger partial charge in [-0.15, -0.1) is 24.0 Å². The first-order valence-electron chi connectivity index (χ1n) is 7.72. The van der Waals surface area contributed by atoms with Gasteiger partial charge in [0, 0.05) is 25.2 Å². The number of hydrogen-bond donors (Lipinski definition) is 2. The fourth-order valence-electron chi connectivity index (χ4n) is 2.06. The predicted molar refractivity (Wildman–Crippen MR) is 105 cm³/mol. The number of halogens is 4.